The maximum absolute atomic E-state index is 11.8. The van der Waals surface area contributed by atoms with Crippen LogP contribution in [0, 0.1) is 0 Å². The van der Waals surface area contributed by atoms with Crippen molar-refractivity contribution in [2.75, 3.05) is 74.3 Å². The van der Waals surface area contributed by atoms with Gasteiger partial charge in [-0.3, -0.25) is 0 Å². The Hall–Kier alpha value is -2.61. The number of thiazole rings is 1. The Morgan fingerprint density at radius 1 is 1.00 bits per heavy atom. The molecule has 0 bridgehead atoms. The summed E-state index contributed by atoms with van der Waals surface area (Å²) in [6.07, 6.45) is 2.91. The van der Waals surface area contributed by atoms with E-state index >= 15 is 0 Å². The lowest BCUT2D eigenvalue weighted by Gasteiger charge is -2.32. The average Bonchev–Trinajstić information content (AvgIpc) is 3.23. The van der Waals surface area contributed by atoms with E-state index in [-0.39, 0.29) is 0 Å². The first-order valence-corrected chi connectivity index (χ1v) is 13.0. The molecule has 2 aliphatic rings. The van der Waals surface area contributed by atoms with E-state index in [9.17, 15) is 8.42 Å². The molecule has 13 heteroatoms. The molecule has 0 aromatic carbocycles. The van der Waals surface area contributed by atoms with E-state index in [0.29, 0.717) is 56.7 Å². The molecular weight excluding hydrogens is 452 g/mol. The number of aromatic nitrogens is 4. The number of rotatable bonds is 4. The summed E-state index contributed by atoms with van der Waals surface area (Å²) in [5.41, 5.74) is 7.13. The highest BCUT2D eigenvalue weighted by Gasteiger charge is 2.27. The number of morpholine rings is 1. The second-order valence-corrected chi connectivity index (χ2v) is 10.7. The Morgan fingerprint density at radius 3 is 2.41 bits per heavy atom. The summed E-state index contributed by atoms with van der Waals surface area (Å²) in [5, 5.41) is 0.824. The lowest BCUT2D eigenvalue weighted by molar-refractivity contribution is 0.122. The molecule has 0 radical (unpaired) electrons. The van der Waals surface area contributed by atoms with Gasteiger partial charge in [-0.05, 0) is 12.1 Å². The molecule has 3 aromatic heterocycles. The van der Waals surface area contributed by atoms with Crippen molar-refractivity contribution in [3.05, 3.63) is 18.3 Å². The second kappa shape index (κ2) is 8.39. The molecule has 11 nitrogen and oxygen atoms in total. The quantitative estimate of drug-likeness (QED) is 0.572. The van der Waals surface area contributed by atoms with Crippen molar-refractivity contribution in [3.8, 4) is 11.4 Å². The van der Waals surface area contributed by atoms with Gasteiger partial charge in [0.05, 0.1) is 19.5 Å². The molecule has 32 heavy (non-hydrogen) atoms. The van der Waals surface area contributed by atoms with Gasteiger partial charge in [0.2, 0.25) is 10.0 Å². The molecule has 0 spiro atoms. The van der Waals surface area contributed by atoms with Crippen molar-refractivity contribution in [1.29, 1.82) is 0 Å². The Bertz CT molecular complexity index is 1220. The Kier molecular flexibility index (Phi) is 5.57. The number of ether oxygens (including phenoxy) is 1. The van der Waals surface area contributed by atoms with E-state index in [1.54, 1.807) is 23.6 Å². The molecule has 2 saturated heterocycles. The molecular formula is C19H24N8O3S2. The van der Waals surface area contributed by atoms with Crippen LogP contribution in [0.4, 0.5) is 16.8 Å². The number of anilines is 3. The molecule has 2 N–H and O–H groups in total. The van der Waals surface area contributed by atoms with Gasteiger partial charge >= 0.3 is 0 Å². The molecule has 2 fully saturated rings. The first kappa shape index (κ1) is 21.2. The molecule has 0 atom stereocenters. The van der Waals surface area contributed by atoms with Crippen LogP contribution in [0.2, 0.25) is 0 Å². The zero-order chi connectivity index (χ0) is 22.3. The van der Waals surface area contributed by atoms with Gasteiger partial charge in [0, 0.05) is 51.0 Å². The molecule has 0 unspecified atom stereocenters. The first-order valence-electron chi connectivity index (χ1n) is 10.3. The first-order chi connectivity index (χ1) is 15.4. The van der Waals surface area contributed by atoms with Crippen LogP contribution in [0.25, 0.3) is 21.7 Å². The molecule has 5 rings (SSSR count). The van der Waals surface area contributed by atoms with Gasteiger partial charge in [-0.25, -0.2) is 23.4 Å². The summed E-state index contributed by atoms with van der Waals surface area (Å²) in [5.74, 6) is 1.82. The highest BCUT2D eigenvalue weighted by molar-refractivity contribution is 7.88. The third kappa shape index (κ3) is 4.20. The number of nitrogens with zero attached hydrogens (tertiary/aromatic N) is 7. The number of nitrogen functional groups attached to an aromatic ring is 1. The van der Waals surface area contributed by atoms with Crippen molar-refractivity contribution in [3.63, 3.8) is 0 Å². The number of sulfonamides is 1. The van der Waals surface area contributed by atoms with Crippen LogP contribution in [0.3, 0.4) is 0 Å². The van der Waals surface area contributed by atoms with E-state index in [1.165, 1.54) is 10.6 Å². The molecule has 3 aromatic rings. The van der Waals surface area contributed by atoms with Crippen molar-refractivity contribution >= 4 is 48.5 Å². The fourth-order valence-corrected chi connectivity index (χ4v) is 5.70. The number of nitrogens with two attached hydrogens (primary N) is 1. The van der Waals surface area contributed by atoms with Crippen molar-refractivity contribution in [1.82, 2.24) is 24.2 Å². The summed E-state index contributed by atoms with van der Waals surface area (Å²) in [6, 6.07) is 3.58. The molecule has 5 heterocycles. The van der Waals surface area contributed by atoms with Crippen LogP contribution < -0.4 is 15.5 Å². The zero-order valence-corrected chi connectivity index (χ0v) is 19.3. The summed E-state index contributed by atoms with van der Waals surface area (Å²) < 4.78 is 31.6. The average molecular weight is 477 g/mol. The second-order valence-electron chi connectivity index (χ2n) is 7.74. The third-order valence-electron chi connectivity index (χ3n) is 5.56. The van der Waals surface area contributed by atoms with E-state index in [4.69, 9.17) is 25.4 Å². The van der Waals surface area contributed by atoms with Crippen LogP contribution in [0.15, 0.2) is 18.3 Å². The third-order valence-corrected chi connectivity index (χ3v) is 7.96. The standard InChI is InChI=1S/C19H24N8O3S2/c1-32(28,29)27-6-4-26(5-7-27)19-24-17-15(31-19)18(25-8-10-30-11-9-25)23-16(22-17)13-2-3-14(20)21-12-13/h2-3,12H,4-11H2,1H3,(H2,20,21). The Morgan fingerprint density at radius 2 is 1.75 bits per heavy atom. The van der Waals surface area contributed by atoms with Gasteiger partial charge < -0.3 is 20.3 Å². The molecule has 0 saturated carbocycles. The van der Waals surface area contributed by atoms with Crippen molar-refractivity contribution < 1.29 is 13.2 Å². The van der Waals surface area contributed by atoms with Crippen LogP contribution in [0.5, 0.6) is 0 Å². The van der Waals surface area contributed by atoms with Crippen molar-refractivity contribution in [2.45, 2.75) is 0 Å². The SMILES string of the molecule is CS(=O)(=O)N1CCN(c2nc3nc(-c4ccc(N)nc4)nc(N4CCOCC4)c3s2)CC1. The monoisotopic (exact) mass is 476 g/mol. The minimum Gasteiger partial charge on any atom is -0.384 e. The van der Waals surface area contributed by atoms with Gasteiger partial charge in [-0.2, -0.15) is 9.29 Å². The molecule has 2 aliphatic heterocycles. The number of piperazine rings is 1. The fraction of sp³-hybridized carbons (Fsp3) is 0.474. The van der Waals surface area contributed by atoms with Gasteiger partial charge in [0.1, 0.15) is 10.5 Å². The van der Waals surface area contributed by atoms with E-state index in [0.717, 1.165) is 34.3 Å². The normalized spacial score (nSPS) is 18.4. The van der Waals surface area contributed by atoms with Gasteiger partial charge in [-0.1, -0.05) is 11.3 Å². The van der Waals surface area contributed by atoms with Crippen LogP contribution >= 0.6 is 11.3 Å². The molecule has 0 amide bonds. The topological polar surface area (TPSA) is 131 Å². The van der Waals surface area contributed by atoms with E-state index in [2.05, 4.69) is 14.8 Å². The number of fused-ring (bicyclic) bond motifs is 1. The van der Waals surface area contributed by atoms with Crippen LogP contribution in [-0.4, -0.2) is 91.4 Å². The van der Waals surface area contributed by atoms with Gasteiger partial charge in [-0.15, -0.1) is 0 Å². The van der Waals surface area contributed by atoms with E-state index < -0.39 is 10.0 Å². The number of pyridine rings is 1. The van der Waals surface area contributed by atoms with Gasteiger partial charge in [0.25, 0.3) is 0 Å². The minimum absolute atomic E-state index is 0.437. The lowest BCUT2D eigenvalue weighted by Crippen LogP contribution is -2.48. The number of hydrogen-bond acceptors (Lipinski definition) is 11. The summed E-state index contributed by atoms with van der Waals surface area (Å²) in [7, 11) is -3.18. The van der Waals surface area contributed by atoms with Crippen LogP contribution in [0.1, 0.15) is 0 Å². The number of hydrogen-bond donors (Lipinski definition) is 1. The predicted molar refractivity (Wildman–Crippen MR) is 125 cm³/mol. The maximum atomic E-state index is 11.8. The molecule has 170 valence electrons. The summed E-state index contributed by atoms with van der Waals surface area (Å²) in [6.45, 7) is 4.83. The molecule has 0 aliphatic carbocycles. The maximum Gasteiger partial charge on any atom is 0.211 e. The Labute approximate surface area is 189 Å². The van der Waals surface area contributed by atoms with E-state index in [1.807, 2.05) is 6.07 Å². The van der Waals surface area contributed by atoms with Crippen LogP contribution in [-0.2, 0) is 14.8 Å². The fourth-order valence-electron chi connectivity index (χ4n) is 3.80. The minimum atomic E-state index is -3.18. The lowest BCUT2D eigenvalue weighted by atomic mass is 10.2. The summed E-state index contributed by atoms with van der Waals surface area (Å²) >= 11 is 1.54. The predicted octanol–water partition coefficient (Wildman–Crippen LogP) is 0.649. The zero-order valence-electron chi connectivity index (χ0n) is 17.6. The smallest absolute Gasteiger partial charge is 0.211 e. The van der Waals surface area contributed by atoms with Gasteiger partial charge in [0.15, 0.2) is 22.4 Å². The largest absolute Gasteiger partial charge is 0.384 e. The highest BCUT2D eigenvalue weighted by Crippen LogP contribution is 2.36. The highest BCUT2D eigenvalue weighted by atomic mass is 32.2. The summed E-state index contributed by atoms with van der Waals surface area (Å²) in [4.78, 5) is 22.9. The Balaban J connectivity index is 1.52. The van der Waals surface area contributed by atoms with Crippen molar-refractivity contribution in [2.24, 2.45) is 0 Å².